The van der Waals surface area contributed by atoms with Crippen LogP contribution in [-0.2, 0) is 24.3 Å². The van der Waals surface area contributed by atoms with E-state index >= 15 is 0 Å². The van der Waals surface area contributed by atoms with Crippen LogP contribution in [0.25, 0.3) is 0 Å². The lowest BCUT2D eigenvalue weighted by atomic mass is 9.98. The first-order valence-electron chi connectivity index (χ1n) is 9.19. The predicted octanol–water partition coefficient (Wildman–Crippen LogP) is 2.02. The highest BCUT2D eigenvalue weighted by Gasteiger charge is 2.58. The first-order chi connectivity index (χ1) is 11.6. The Hall–Kier alpha value is -1.69. The topological polar surface area (TPSA) is 83.9 Å². The van der Waals surface area contributed by atoms with Gasteiger partial charge in [-0.1, -0.05) is 13.3 Å². The van der Waals surface area contributed by atoms with Gasteiger partial charge in [-0.3, -0.25) is 20.2 Å². The molecule has 1 aromatic heterocycles. The number of unbranched alkanes of at least 4 members (excludes halogenated alkanes) is 1. The summed E-state index contributed by atoms with van der Waals surface area (Å²) in [6.07, 6.45) is 7.05. The molecule has 2 fully saturated rings. The molecule has 0 atom stereocenters. The van der Waals surface area contributed by atoms with E-state index in [1.807, 2.05) is 0 Å². The average molecular weight is 330 g/mol. The minimum absolute atomic E-state index is 0.0627. The van der Waals surface area contributed by atoms with Crippen molar-refractivity contribution in [3.63, 3.8) is 0 Å². The van der Waals surface area contributed by atoms with E-state index in [1.165, 1.54) is 12.8 Å². The quantitative estimate of drug-likeness (QED) is 0.639. The van der Waals surface area contributed by atoms with Gasteiger partial charge in [0, 0.05) is 24.1 Å². The Kier molecular flexibility index (Phi) is 3.75. The Balaban J connectivity index is 1.85. The second-order valence-corrected chi connectivity index (χ2v) is 7.47. The van der Waals surface area contributed by atoms with Gasteiger partial charge in [0.2, 0.25) is 0 Å². The van der Waals surface area contributed by atoms with Crippen molar-refractivity contribution in [1.29, 1.82) is 10.8 Å². The Morgan fingerprint density at radius 3 is 2.71 bits per heavy atom. The lowest BCUT2D eigenvalue weighted by molar-refractivity contribution is 0.101. The van der Waals surface area contributed by atoms with Crippen LogP contribution in [0, 0.1) is 22.2 Å². The number of hydrogen-bond donors (Lipinski definition) is 2. The van der Waals surface area contributed by atoms with E-state index in [1.54, 1.807) is 9.13 Å². The maximum Gasteiger partial charge on any atom is 0.293 e. The molecule has 1 aliphatic heterocycles. The summed E-state index contributed by atoms with van der Waals surface area (Å²) in [6.45, 7) is 3.77. The fourth-order valence-corrected chi connectivity index (χ4v) is 4.16. The van der Waals surface area contributed by atoms with Gasteiger partial charge in [0.1, 0.15) is 5.84 Å². The molecule has 0 saturated heterocycles. The van der Waals surface area contributed by atoms with Gasteiger partial charge in [0.25, 0.3) is 5.56 Å². The molecule has 2 N–H and O–H groups in total. The predicted molar refractivity (Wildman–Crippen MR) is 90.3 cm³/mol. The lowest BCUT2D eigenvalue weighted by Crippen LogP contribution is -2.50. The summed E-state index contributed by atoms with van der Waals surface area (Å²) < 4.78 is 9.03. The summed E-state index contributed by atoms with van der Waals surface area (Å²) in [4.78, 5) is 12.8. The summed E-state index contributed by atoms with van der Waals surface area (Å²) in [5.41, 5.74) is 1.45. The third-order valence-electron chi connectivity index (χ3n) is 5.90. The zero-order chi connectivity index (χ0) is 16.9. The summed E-state index contributed by atoms with van der Waals surface area (Å²) in [6, 6.07) is 0. The van der Waals surface area contributed by atoms with Crippen molar-refractivity contribution in [2.75, 3.05) is 6.61 Å². The molecule has 0 bridgehead atoms. The van der Waals surface area contributed by atoms with Crippen LogP contribution in [0.3, 0.4) is 0 Å². The van der Waals surface area contributed by atoms with Crippen molar-refractivity contribution in [2.24, 2.45) is 11.3 Å². The van der Waals surface area contributed by atoms with Crippen LogP contribution in [0.2, 0.25) is 0 Å². The summed E-state index contributed by atoms with van der Waals surface area (Å²) >= 11 is 0. The highest BCUT2D eigenvalue weighted by molar-refractivity contribution is 5.91. The molecule has 2 aliphatic carbocycles. The normalized spacial score (nSPS) is 21.4. The van der Waals surface area contributed by atoms with Crippen molar-refractivity contribution in [3.05, 3.63) is 27.2 Å². The first-order valence-corrected chi connectivity index (χ1v) is 9.19. The molecule has 0 amide bonds. The third-order valence-corrected chi connectivity index (χ3v) is 5.90. The molecule has 0 aromatic carbocycles. The van der Waals surface area contributed by atoms with Gasteiger partial charge < -0.3 is 9.30 Å². The summed E-state index contributed by atoms with van der Waals surface area (Å²) in [5.74, 6) is 1.05. The van der Waals surface area contributed by atoms with Crippen LogP contribution >= 0.6 is 0 Å². The maximum absolute atomic E-state index is 12.8. The fourth-order valence-electron chi connectivity index (χ4n) is 4.16. The number of nitrogens with zero attached hydrogens (tertiary/aromatic N) is 2. The van der Waals surface area contributed by atoms with Crippen molar-refractivity contribution in [1.82, 2.24) is 9.13 Å². The molecule has 1 aromatic rings. The van der Waals surface area contributed by atoms with E-state index in [4.69, 9.17) is 15.6 Å². The molecular formula is C18H26N4O2. The lowest BCUT2D eigenvalue weighted by Gasteiger charge is -2.28. The van der Waals surface area contributed by atoms with Crippen LogP contribution in [0.15, 0.2) is 4.79 Å². The van der Waals surface area contributed by atoms with Gasteiger partial charge in [-0.2, -0.15) is 0 Å². The average Bonchev–Trinajstić information content (AvgIpc) is 3.47. The van der Waals surface area contributed by atoms with Crippen LogP contribution in [0.5, 0.6) is 0 Å². The van der Waals surface area contributed by atoms with Gasteiger partial charge in [-0.15, -0.1) is 0 Å². The molecule has 3 aliphatic rings. The van der Waals surface area contributed by atoms with E-state index in [9.17, 15) is 4.79 Å². The molecular weight excluding hydrogens is 304 g/mol. The number of ether oxygens (including phenoxy) is 1. The first kappa shape index (κ1) is 15.8. The van der Waals surface area contributed by atoms with Gasteiger partial charge >= 0.3 is 0 Å². The molecule has 2 heterocycles. The standard InChI is InChI=1S/C18H26N4O2/c1-2-3-9-21-13-6-10-24-11-14(13)22(15(19)16(21)23)17(20)18(7-8-18)12-4-5-12/h12,19-20H,2-11H2,1H3. The Morgan fingerprint density at radius 2 is 2.08 bits per heavy atom. The Morgan fingerprint density at radius 1 is 1.33 bits per heavy atom. The molecule has 2 saturated carbocycles. The highest BCUT2D eigenvalue weighted by Crippen LogP contribution is 2.62. The largest absolute Gasteiger partial charge is 0.375 e. The molecule has 24 heavy (non-hydrogen) atoms. The van der Waals surface area contributed by atoms with Crippen LogP contribution in [-0.4, -0.2) is 21.6 Å². The summed E-state index contributed by atoms with van der Waals surface area (Å²) in [7, 11) is 0. The van der Waals surface area contributed by atoms with E-state index in [0.29, 0.717) is 37.9 Å². The van der Waals surface area contributed by atoms with E-state index < -0.39 is 0 Å². The Labute approximate surface area is 141 Å². The van der Waals surface area contributed by atoms with Crippen molar-refractivity contribution in [2.45, 2.75) is 65.0 Å². The van der Waals surface area contributed by atoms with E-state index in [2.05, 4.69) is 6.92 Å². The van der Waals surface area contributed by atoms with E-state index in [0.717, 1.165) is 37.1 Å². The molecule has 6 nitrogen and oxygen atoms in total. The minimum atomic E-state index is -0.250. The number of hydrogen-bond acceptors (Lipinski definition) is 4. The zero-order valence-corrected chi connectivity index (χ0v) is 14.4. The van der Waals surface area contributed by atoms with Crippen molar-refractivity contribution < 1.29 is 4.74 Å². The molecule has 6 heteroatoms. The maximum atomic E-state index is 12.8. The molecule has 4 rings (SSSR count). The smallest absolute Gasteiger partial charge is 0.293 e. The molecule has 0 radical (unpaired) electrons. The third kappa shape index (κ3) is 2.31. The van der Waals surface area contributed by atoms with E-state index in [-0.39, 0.29) is 16.5 Å². The minimum Gasteiger partial charge on any atom is -0.375 e. The second-order valence-electron chi connectivity index (χ2n) is 7.47. The number of nitrogens with one attached hydrogen (secondary N) is 2. The number of rotatable bonds is 5. The van der Waals surface area contributed by atoms with Crippen LogP contribution in [0.4, 0.5) is 0 Å². The molecule has 0 spiro atoms. The summed E-state index contributed by atoms with van der Waals surface area (Å²) in [5, 5.41) is 17.2. The van der Waals surface area contributed by atoms with Crippen LogP contribution in [0.1, 0.15) is 56.8 Å². The highest BCUT2D eigenvalue weighted by atomic mass is 16.5. The van der Waals surface area contributed by atoms with Gasteiger partial charge in [0.05, 0.1) is 18.9 Å². The van der Waals surface area contributed by atoms with Crippen molar-refractivity contribution in [3.8, 4) is 0 Å². The zero-order valence-electron chi connectivity index (χ0n) is 14.4. The molecule has 130 valence electrons. The Bertz CT molecular complexity index is 796. The number of fused-ring (bicyclic) bond motifs is 1. The van der Waals surface area contributed by atoms with Gasteiger partial charge in [0.15, 0.2) is 5.49 Å². The monoisotopic (exact) mass is 330 g/mol. The van der Waals surface area contributed by atoms with Gasteiger partial charge in [-0.25, -0.2) is 0 Å². The second kappa shape index (κ2) is 5.69. The van der Waals surface area contributed by atoms with Crippen LogP contribution < -0.4 is 11.0 Å². The number of aromatic nitrogens is 2. The molecule has 0 unspecified atom stereocenters. The fraction of sp³-hybridized carbons (Fsp3) is 0.722. The SMILES string of the molecule is CCCCn1c2c(n(C(=N)C3(C4CC4)CC3)c(=N)c1=O)COCC2. The van der Waals surface area contributed by atoms with Gasteiger partial charge in [-0.05, 0) is 38.0 Å². The van der Waals surface area contributed by atoms with Crippen molar-refractivity contribution >= 4 is 5.84 Å².